The predicted octanol–water partition coefficient (Wildman–Crippen LogP) is 2.21. The molecule has 0 spiro atoms. The fourth-order valence-corrected chi connectivity index (χ4v) is 3.70. The van der Waals surface area contributed by atoms with Crippen LogP contribution in [0.5, 0.6) is 0 Å². The van der Waals surface area contributed by atoms with Crippen molar-refractivity contribution in [1.82, 2.24) is 20.2 Å². The van der Waals surface area contributed by atoms with Crippen LogP contribution in [-0.2, 0) is 11.3 Å². The van der Waals surface area contributed by atoms with Crippen molar-refractivity contribution in [2.45, 2.75) is 23.4 Å². The Morgan fingerprint density at radius 2 is 2.08 bits per heavy atom. The summed E-state index contributed by atoms with van der Waals surface area (Å²) in [7, 11) is 0. The number of rotatable bonds is 5. The molecule has 1 aliphatic heterocycles. The van der Waals surface area contributed by atoms with Gasteiger partial charge in [-0.2, -0.15) is 0 Å². The van der Waals surface area contributed by atoms with E-state index in [0.29, 0.717) is 18.2 Å². The first kappa shape index (κ1) is 14.9. The van der Waals surface area contributed by atoms with Crippen LogP contribution in [-0.4, -0.2) is 37.9 Å². The number of hydrogen-bond acceptors (Lipinski definition) is 6. The third kappa shape index (κ3) is 2.92. The number of carbonyl (C=O) groups is 1. The lowest BCUT2D eigenvalue weighted by molar-refractivity contribution is -0.116. The molecular formula is C16H15N5O2S. The fourth-order valence-electron chi connectivity index (χ4n) is 2.68. The molecule has 3 aromatic rings. The Hall–Kier alpha value is -2.61. The second kappa shape index (κ2) is 6.48. The Kier molecular flexibility index (Phi) is 4.04. The number of hydrogen-bond donors (Lipinski definition) is 0. The fraction of sp³-hybridized carbons (Fsp3) is 0.250. The number of nitrogens with zero attached hydrogens (tertiary/aromatic N) is 5. The highest BCUT2D eigenvalue weighted by molar-refractivity contribution is 8.00. The van der Waals surface area contributed by atoms with Gasteiger partial charge in [-0.15, -0.1) is 5.10 Å². The molecule has 1 aliphatic rings. The van der Waals surface area contributed by atoms with Gasteiger partial charge in [0.25, 0.3) is 0 Å². The molecule has 1 atom stereocenters. The van der Waals surface area contributed by atoms with E-state index in [4.69, 9.17) is 4.42 Å². The quantitative estimate of drug-likeness (QED) is 0.708. The van der Waals surface area contributed by atoms with E-state index in [2.05, 4.69) is 15.5 Å². The summed E-state index contributed by atoms with van der Waals surface area (Å²) in [6.45, 7) is 1.16. The summed E-state index contributed by atoms with van der Waals surface area (Å²) in [5.74, 6) is 0.867. The van der Waals surface area contributed by atoms with Gasteiger partial charge in [-0.25, -0.2) is 4.68 Å². The van der Waals surface area contributed by atoms with E-state index in [1.165, 1.54) is 11.8 Å². The van der Waals surface area contributed by atoms with Crippen molar-refractivity contribution in [2.24, 2.45) is 0 Å². The van der Waals surface area contributed by atoms with Gasteiger partial charge in [0.1, 0.15) is 12.3 Å². The highest BCUT2D eigenvalue weighted by atomic mass is 32.2. The number of carbonyl (C=O) groups excluding carboxylic acids is 1. The van der Waals surface area contributed by atoms with Gasteiger partial charge in [-0.3, -0.25) is 4.79 Å². The van der Waals surface area contributed by atoms with E-state index < -0.39 is 0 Å². The van der Waals surface area contributed by atoms with Crippen molar-refractivity contribution in [1.29, 1.82) is 0 Å². The number of anilines is 1. The lowest BCUT2D eigenvalue weighted by Gasteiger charge is -2.16. The van der Waals surface area contributed by atoms with E-state index in [9.17, 15) is 4.79 Å². The lowest BCUT2D eigenvalue weighted by atomic mass is 10.3. The van der Waals surface area contributed by atoms with Gasteiger partial charge >= 0.3 is 0 Å². The van der Waals surface area contributed by atoms with Crippen LogP contribution in [0.3, 0.4) is 0 Å². The molecule has 4 rings (SSSR count). The summed E-state index contributed by atoms with van der Waals surface area (Å²) in [5, 5.41) is 12.2. The van der Waals surface area contributed by atoms with Crippen LogP contribution in [0.4, 0.5) is 5.69 Å². The van der Waals surface area contributed by atoms with Crippen LogP contribution >= 0.6 is 11.8 Å². The van der Waals surface area contributed by atoms with Gasteiger partial charge in [-0.1, -0.05) is 30.0 Å². The zero-order valence-corrected chi connectivity index (χ0v) is 13.6. The van der Waals surface area contributed by atoms with Crippen LogP contribution in [0, 0.1) is 0 Å². The number of furan rings is 1. The second-order valence-electron chi connectivity index (χ2n) is 5.42. The molecule has 1 fully saturated rings. The van der Waals surface area contributed by atoms with Crippen molar-refractivity contribution in [3.63, 3.8) is 0 Å². The third-order valence-electron chi connectivity index (χ3n) is 3.86. The molecule has 7 nitrogen and oxygen atoms in total. The van der Waals surface area contributed by atoms with Crippen molar-refractivity contribution < 1.29 is 9.21 Å². The van der Waals surface area contributed by atoms with E-state index in [0.717, 1.165) is 17.9 Å². The SMILES string of the molecule is O=C1[C@H](Sc2nnnn2Cc2ccco2)CCN1c1ccccc1. The van der Waals surface area contributed by atoms with E-state index in [1.807, 2.05) is 47.4 Å². The molecule has 1 aromatic carbocycles. The molecule has 0 bridgehead atoms. The number of amides is 1. The molecule has 0 aliphatic carbocycles. The van der Waals surface area contributed by atoms with Gasteiger partial charge in [0, 0.05) is 12.2 Å². The van der Waals surface area contributed by atoms with Gasteiger partial charge in [0.15, 0.2) is 0 Å². The number of aromatic nitrogens is 4. The maximum atomic E-state index is 12.7. The number of thioether (sulfide) groups is 1. The molecule has 0 N–H and O–H groups in total. The molecular weight excluding hydrogens is 326 g/mol. The van der Waals surface area contributed by atoms with Crippen LogP contribution in [0.15, 0.2) is 58.3 Å². The van der Waals surface area contributed by atoms with Gasteiger partial charge in [-0.05, 0) is 41.1 Å². The van der Waals surface area contributed by atoms with Crippen molar-refractivity contribution in [3.05, 3.63) is 54.5 Å². The maximum absolute atomic E-state index is 12.7. The predicted molar refractivity (Wildman–Crippen MR) is 88.7 cm³/mol. The van der Waals surface area contributed by atoms with E-state index in [-0.39, 0.29) is 11.2 Å². The summed E-state index contributed by atoms with van der Waals surface area (Å²) in [6, 6.07) is 13.4. The average Bonchev–Trinajstić information content (AvgIpc) is 3.34. The zero-order chi connectivity index (χ0) is 16.4. The summed E-state index contributed by atoms with van der Waals surface area (Å²) in [4.78, 5) is 14.5. The first-order chi connectivity index (χ1) is 11.8. The topological polar surface area (TPSA) is 77.0 Å². The average molecular weight is 341 g/mol. The number of benzene rings is 1. The summed E-state index contributed by atoms with van der Waals surface area (Å²) in [5.41, 5.74) is 0.931. The molecule has 1 saturated heterocycles. The molecule has 24 heavy (non-hydrogen) atoms. The third-order valence-corrected chi connectivity index (χ3v) is 5.08. The van der Waals surface area contributed by atoms with Crippen LogP contribution in [0.1, 0.15) is 12.2 Å². The smallest absolute Gasteiger partial charge is 0.240 e. The normalized spacial score (nSPS) is 17.6. The monoisotopic (exact) mass is 341 g/mol. The molecule has 0 unspecified atom stereocenters. The highest BCUT2D eigenvalue weighted by Gasteiger charge is 2.34. The molecule has 1 amide bonds. The van der Waals surface area contributed by atoms with E-state index in [1.54, 1.807) is 10.9 Å². The first-order valence-electron chi connectivity index (χ1n) is 7.63. The minimum atomic E-state index is -0.174. The van der Waals surface area contributed by atoms with Crippen molar-refractivity contribution in [2.75, 3.05) is 11.4 Å². The van der Waals surface area contributed by atoms with E-state index >= 15 is 0 Å². The minimum absolute atomic E-state index is 0.0961. The Morgan fingerprint density at radius 3 is 2.88 bits per heavy atom. The minimum Gasteiger partial charge on any atom is -0.467 e. The second-order valence-corrected chi connectivity index (χ2v) is 6.59. The van der Waals surface area contributed by atoms with Crippen LogP contribution in [0.25, 0.3) is 0 Å². The van der Waals surface area contributed by atoms with Gasteiger partial charge in [0.2, 0.25) is 11.1 Å². The number of tetrazole rings is 1. The lowest BCUT2D eigenvalue weighted by Crippen LogP contribution is -2.28. The first-order valence-corrected chi connectivity index (χ1v) is 8.51. The van der Waals surface area contributed by atoms with Gasteiger partial charge in [0.05, 0.1) is 11.5 Å². The molecule has 0 saturated carbocycles. The Balaban J connectivity index is 1.47. The highest BCUT2D eigenvalue weighted by Crippen LogP contribution is 2.32. The van der Waals surface area contributed by atoms with Crippen LogP contribution in [0.2, 0.25) is 0 Å². The summed E-state index contributed by atoms with van der Waals surface area (Å²) >= 11 is 1.41. The Labute approximate surface area is 142 Å². The van der Waals surface area contributed by atoms with Crippen LogP contribution < -0.4 is 4.90 Å². The maximum Gasteiger partial charge on any atom is 0.240 e. The molecule has 3 heterocycles. The standard InChI is InChI=1S/C16H15N5O2S/c22-15-14(8-9-20(15)12-5-2-1-3-6-12)24-16-17-18-19-21(16)11-13-7-4-10-23-13/h1-7,10,14H,8-9,11H2/t14-/m1/s1. The zero-order valence-electron chi connectivity index (χ0n) is 12.8. The molecule has 8 heteroatoms. The number of para-hydroxylation sites is 1. The summed E-state index contributed by atoms with van der Waals surface area (Å²) < 4.78 is 6.98. The summed E-state index contributed by atoms with van der Waals surface area (Å²) in [6.07, 6.45) is 2.39. The van der Waals surface area contributed by atoms with Crippen molar-refractivity contribution in [3.8, 4) is 0 Å². The Bertz CT molecular complexity index is 818. The largest absolute Gasteiger partial charge is 0.467 e. The molecule has 122 valence electrons. The van der Waals surface area contributed by atoms with Crippen molar-refractivity contribution >= 4 is 23.4 Å². The Morgan fingerprint density at radius 1 is 1.21 bits per heavy atom. The molecule has 2 aromatic heterocycles. The molecule has 0 radical (unpaired) electrons. The van der Waals surface area contributed by atoms with Gasteiger partial charge < -0.3 is 9.32 Å².